The molecule has 4 N–H and O–H groups in total. The standard InChI is InChI=1S/C15H20N4O4.ClH/c20-15(13-7-16-3-4-21-13)18-14-10(6-17-19-14)9-1-2-11-12(5-9)23-8-22-11;/h1-2,5,10,13-14,16-17,19H,3-4,6-8H2,(H,18,20);1H/t10?,13-,14?;/m1./s1. The largest absolute Gasteiger partial charge is 0.454 e. The Morgan fingerprint density at radius 1 is 1.21 bits per heavy atom. The Kier molecular flexibility index (Phi) is 5.42. The molecule has 24 heavy (non-hydrogen) atoms. The third-order valence-corrected chi connectivity index (χ3v) is 4.32. The molecule has 0 saturated carbocycles. The van der Waals surface area contributed by atoms with Crippen molar-refractivity contribution in [3.63, 3.8) is 0 Å². The van der Waals surface area contributed by atoms with Crippen LogP contribution in [0, 0.1) is 0 Å². The van der Waals surface area contributed by atoms with Crippen LogP contribution < -0.4 is 31.0 Å². The number of hydrogen-bond acceptors (Lipinski definition) is 7. The number of rotatable bonds is 3. The minimum atomic E-state index is -0.441. The summed E-state index contributed by atoms with van der Waals surface area (Å²) in [6.45, 7) is 2.86. The molecule has 9 heteroatoms. The third-order valence-electron chi connectivity index (χ3n) is 4.32. The topological polar surface area (TPSA) is 92.9 Å². The normalized spacial score (nSPS) is 28.2. The Labute approximate surface area is 146 Å². The Morgan fingerprint density at radius 3 is 2.92 bits per heavy atom. The maximum Gasteiger partial charge on any atom is 0.251 e. The molecule has 1 aromatic rings. The molecule has 0 aliphatic carbocycles. The number of benzene rings is 1. The lowest BCUT2D eigenvalue weighted by Crippen LogP contribution is -2.54. The van der Waals surface area contributed by atoms with Crippen LogP contribution in [0.2, 0.25) is 0 Å². The van der Waals surface area contributed by atoms with Crippen LogP contribution in [0.4, 0.5) is 0 Å². The Hall–Kier alpha value is -1.58. The van der Waals surface area contributed by atoms with Crippen LogP contribution in [0.5, 0.6) is 11.5 Å². The van der Waals surface area contributed by atoms with Gasteiger partial charge >= 0.3 is 0 Å². The lowest BCUT2D eigenvalue weighted by atomic mass is 9.96. The molecule has 4 rings (SSSR count). The summed E-state index contributed by atoms with van der Waals surface area (Å²) >= 11 is 0. The molecule has 132 valence electrons. The highest BCUT2D eigenvalue weighted by atomic mass is 35.5. The van der Waals surface area contributed by atoms with Crippen LogP contribution in [-0.2, 0) is 9.53 Å². The molecule has 0 aromatic heterocycles. The number of amides is 1. The maximum absolute atomic E-state index is 12.3. The molecule has 2 unspecified atom stereocenters. The smallest absolute Gasteiger partial charge is 0.251 e. The molecule has 3 aliphatic heterocycles. The zero-order valence-corrected chi connectivity index (χ0v) is 13.9. The van der Waals surface area contributed by atoms with E-state index in [-0.39, 0.29) is 37.2 Å². The first-order chi connectivity index (χ1) is 11.3. The molecule has 2 saturated heterocycles. The predicted molar refractivity (Wildman–Crippen MR) is 88.2 cm³/mol. The van der Waals surface area contributed by atoms with E-state index < -0.39 is 6.10 Å². The fraction of sp³-hybridized carbons (Fsp3) is 0.533. The van der Waals surface area contributed by atoms with E-state index in [2.05, 4.69) is 21.5 Å². The molecule has 0 radical (unpaired) electrons. The molecule has 0 bridgehead atoms. The van der Waals surface area contributed by atoms with Crippen molar-refractivity contribution in [1.29, 1.82) is 0 Å². The van der Waals surface area contributed by atoms with Gasteiger partial charge in [0.25, 0.3) is 5.91 Å². The van der Waals surface area contributed by atoms with Crippen LogP contribution in [0.15, 0.2) is 18.2 Å². The van der Waals surface area contributed by atoms with Crippen molar-refractivity contribution >= 4 is 18.3 Å². The Balaban J connectivity index is 0.00000169. The average Bonchev–Trinajstić information content (AvgIpc) is 3.23. The first kappa shape index (κ1) is 17.2. The highest BCUT2D eigenvalue weighted by Gasteiger charge is 2.33. The summed E-state index contributed by atoms with van der Waals surface area (Å²) in [7, 11) is 0. The van der Waals surface area contributed by atoms with Gasteiger partial charge in [-0.2, -0.15) is 0 Å². The van der Waals surface area contributed by atoms with Gasteiger partial charge in [-0.15, -0.1) is 12.4 Å². The molecule has 3 heterocycles. The van der Waals surface area contributed by atoms with Crippen LogP contribution >= 0.6 is 12.4 Å². The van der Waals surface area contributed by atoms with E-state index in [1.54, 1.807) is 0 Å². The molecule has 2 fully saturated rings. The Bertz CT molecular complexity index is 597. The van der Waals surface area contributed by atoms with Gasteiger partial charge in [0.1, 0.15) is 12.3 Å². The van der Waals surface area contributed by atoms with E-state index in [1.165, 1.54) is 0 Å². The number of hydrazine groups is 1. The second kappa shape index (κ2) is 7.54. The first-order valence-corrected chi connectivity index (χ1v) is 7.82. The molecule has 8 nitrogen and oxygen atoms in total. The lowest BCUT2D eigenvalue weighted by Gasteiger charge is -2.26. The third kappa shape index (κ3) is 3.42. The number of carbonyl (C=O) groups excluding carboxylic acids is 1. The van der Waals surface area contributed by atoms with Gasteiger partial charge in [-0.1, -0.05) is 6.07 Å². The fourth-order valence-corrected chi connectivity index (χ4v) is 3.07. The van der Waals surface area contributed by atoms with Gasteiger partial charge in [0.05, 0.1) is 6.61 Å². The number of fused-ring (bicyclic) bond motifs is 1. The highest BCUT2D eigenvalue weighted by Crippen LogP contribution is 2.35. The van der Waals surface area contributed by atoms with E-state index in [0.717, 1.165) is 23.6 Å². The number of carbonyl (C=O) groups is 1. The molecular formula is C15H21ClN4O4. The first-order valence-electron chi connectivity index (χ1n) is 7.82. The van der Waals surface area contributed by atoms with Crippen LogP contribution in [0.1, 0.15) is 11.5 Å². The van der Waals surface area contributed by atoms with Gasteiger partial charge in [-0.05, 0) is 17.7 Å². The monoisotopic (exact) mass is 356 g/mol. The highest BCUT2D eigenvalue weighted by molar-refractivity contribution is 5.85. The molecular weight excluding hydrogens is 336 g/mol. The zero-order chi connectivity index (χ0) is 15.6. The van der Waals surface area contributed by atoms with Crippen molar-refractivity contribution < 1.29 is 19.0 Å². The summed E-state index contributed by atoms with van der Waals surface area (Å²) in [6, 6.07) is 5.88. The molecule has 1 amide bonds. The van der Waals surface area contributed by atoms with Gasteiger partial charge < -0.3 is 24.8 Å². The van der Waals surface area contributed by atoms with E-state index in [4.69, 9.17) is 14.2 Å². The maximum atomic E-state index is 12.3. The van der Waals surface area contributed by atoms with Crippen LogP contribution in [0.25, 0.3) is 0 Å². The Morgan fingerprint density at radius 2 is 2.08 bits per heavy atom. The molecule has 0 spiro atoms. The summed E-state index contributed by atoms with van der Waals surface area (Å²) < 4.78 is 16.3. The van der Waals surface area contributed by atoms with Crippen molar-refractivity contribution in [3.8, 4) is 11.5 Å². The summed E-state index contributed by atoms with van der Waals surface area (Å²) in [4.78, 5) is 12.3. The van der Waals surface area contributed by atoms with E-state index in [0.29, 0.717) is 19.7 Å². The van der Waals surface area contributed by atoms with Crippen LogP contribution in [-0.4, -0.2) is 51.2 Å². The van der Waals surface area contributed by atoms with Crippen LogP contribution in [0.3, 0.4) is 0 Å². The average molecular weight is 357 g/mol. The molecule has 3 aliphatic rings. The predicted octanol–water partition coefficient (Wildman–Crippen LogP) is -0.541. The van der Waals surface area contributed by atoms with Gasteiger partial charge in [-0.3, -0.25) is 10.2 Å². The second-order valence-electron chi connectivity index (χ2n) is 5.79. The van der Waals surface area contributed by atoms with Crippen molar-refractivity contribution in [3.05, 3.63) is 23.8 Å². The van der Waals surface area contributed by atoms with E-state index in [1.807, 2.05) is 18.2 Å². The van der Waals surface area contributed by atoms with Crippen molar-refractivity contribution in [1.82, 2.24) is 21.5 Å². The summed E-state index contributed by atoms with van der Waals surface area (Å²) in [6.07, 6.45) is -0.642. The quantitative estimate of drug-likeness (QED) is 0.578. The zero-order valence-electron chi connectivity index (χ0n) is 13.0. The van der Waals surface area contributed by atoms with Gasteiger partial charge in [0, 0.05) is 25.6 Å². The lowest BCUT2D eigenvalue weighted by molar-refractivity contribution is -0.135. The minimum absolute atomic E-state index is 0. The number of nitrogens with one attached hydrogen (secondary N) is 4. The minimum Gasteiger partial charge on any atom is -0.454 e. The van der Waals surface area contributed by atoms with Crippen molar-refractivity contribution in [2.75, 3.05) is 33.0 Å². The number of hydrogen-bond donors (Lipinski definition) is 4. The number of morpholine rings is 1. The van der Waals surface area contributed by atoms with Gasteiger partial charge in [-0.25, -0.2) is 5.43 Å². The second-order valence-corrected chi connectivity index (χ2v) is 5.79. The van der Waals surface area contributed by atoms with Crippen molar-refractivity contribution in [2.24, 2.45) is 0 Å². The SMILES string of the molecule is Cl.O=C(NC1NNCC1c1ccc2c(c1)OCO2)[C@H]1CNCCO1. The van der Waals surface area contributed by atoms with Gasteiger partial charge in [0.15, 0.2) is 11.5 Å². The molecule has 3 atom stereocenters. The summed E-state index contributed by atoms with van der Waals surface area (Å²) in [5, 5.41) is 6.17. The fourth-order valence-electron chi connectivity index (χ4n) is 3.07. The summed E-state index contributed by atoms with van der Waals surface area (Å²) in [5.74, 6) is 1.50. The van der Waals surface area contributed by atoms with E-state index in [9.17, 15) is 4.79 Å². The van der Waals surface area contributed by atoms with Crippen molar-refractivity contribution in [2.45, 2.75) is 18.2 Å². The van der Waals surface area contributed by atoms with E-state index >= 15 is 0 Å². The van der Waals surface area contributed by atoms with Gasteiger partial charge in [0.2, 0.25) is 6.79 Å². The number of halogens is 1. The summed E-state index contributed by atoms with van der Waals surface area (Å²) in [5.41, 5.74) is 7.30. The molecule has 1 aromatic carbocycles. The number of ether oxygens (including phenoxy) is 3.